The topological polar surface area (TPSA) is 52.6 Å². The standard InChI is InChI=1S/C15H21ClN2O2/c1-11-5-6-12(16)9-14(11)17-15(20)10-18(7-8-19)13-3-2-4-13/h5-6,9,13,19H,2-4,7-8,10H2,1H3,(H,17,20). The number of amides is 1. The van der Waals surface area contributed by atoms with E-state index in [-0.39, 0.29) is 12.5 Å². The van der Waals surface area contributed by atoms with Crippen molar-refractivity contribution in [2.75, 3.05) is 25.0 Å². The summed E-state index contributed by atoms with van der Waals surface area (Å²) in [6.07, 6.45) is 3.44. The number of anilines is 1. The Hall–Kier alpha value is -1.10. The number of halogens is 1. The molecule has 1 aromatic rings. The van der Waals surface area contributed by atoms with Gasteiger partial charge in [0, 0.05) is 23.3 Å². The molecule has 1 aliphatic carbocycles. The van der Waals surface area contributed by atoms with Gasteiger partial charge in [0.15, 0.2) is 0 Å². The summed E-state index contributed by atoms with van der Waals surface area (Å²) in [6, 6.07) is 5.89. The van der Waals surface area contributed by atoms with Crippen LogP contribution in [0.3, 0.4) is 0 Å². The normalized spacial score (nSPS) is 15.2. The number of nitrogens with one attached hydrogen (secondary N) is 1. The van der Waals surface area contributed by atoms with Gasteiger partial charge in [0.2, 0.25) is 5.91 Å². The van der Waals surface area contributed by atoms with Crippen LogP contribution in [0.2, 0.25) is 5.02 Å². The van der Waals surface area contributed by atoms with Gasteiger partial charge in [-0.1, -0.05) is 24.1 Å². The van der Waals surface area contributed by atoms with Crippen molar-refractivity contribution in [3.05, 3.63) is 28.8 Å². The number of nitrogens with zero attached hydrogens (tertiary/aromatic N) is 1. The molecule has 110 valence electrons. The van der Waals surface area contributed by atoms with E-state index < -0.39 is 0 Å². The zero-order valence-electron chi connectivity index (χ0n) is 11.7. The number of aryl methyl sites for hydroxylation is 1. The van der Waals surface area contributed by atoms with Crippen LogP contribution in [0.15, 0.2) is 18.2 Å². The summed E-state index contributed by atoms with van der Waals surface area (Å²) >= 11 is 5.94. The van der Waals surface area contributed by atoms with Gasteiger partial charge in [-0.25, -0.2) is 0 Å². The van der Waals surface area contributed by atoms with Gasteiger partial charge in [-0.15, -0.1) is 0 Å². The lowest BCUT2D eigenvalue weighted by Crippen LogP contribution is -2.45. The minimum atomic E-state index is -0.0595. The average molecular weight is 297 g/mol. The molecule has 0 aromatic heterocycles. The first-order chi connectivity index (χ1) is 9.60. The summed E-state index contributed by atoms with van der Waals surface area (Å²) in [6.45, 7) is 2.88. The van der Waals surface area contributed by atoms with Gasteiger partial charge in [0.1, 0.15) is 0 Å². The molecule has 1 aromatic carbocycles. The van der Waals surface area contributed by atoms with E-state index in [1.54, 1.807) is 12.1 Å². The number of carbonyl (C=O) groups is 1. The SMILES string of the molecule is Cc1ccc(Cl)cc1NC(=O)CN(CCO)C1CCC1. The van der Waals surface area contributed by atoms with E-state index in [4.69, 9.17) is 16.7 Å². The Morgan fingerprint density at radius 3 is 2.85 bits per heavy atom. The Bertz CT molecular complexity index is 475. The highest BCUT2D eigenvalue weighted by Crippen LogP contribution is 2.25. The van der Waals surface area contributed by atoms with Crippen LogP contribution in [0.1, 0.15) is 24.8 Å². The number of benzene rings is 1. The molecule has 1 aliphatic rings. The van der Waals surface area contributed by atoms with E-state index in [1.165, 1.54) is 6.42 Å². The first kappa shape index (κ1) is 15.3. The van der Waals surface area contributed by atoms with Crippen molar-refractivity contribution in [2.45, 2.75) is 32.2 Å². The molecule has 0 atom stereocenters. The van der Waals surface area contributed by atoms with Crippen molar-refractivity contribution >= 4 is 23.2 Å². The number of hydrogen-bond acceptors (Lipinski definition) is 3. The predicted molar refractivity (Wildman–Crippen MR) is 81.1 cm³/mol. The van der Waals surface area contributed by atoms with Gasteiger partial charge < -0.3 is 10.4 Å². The van der Waals surface area contributed by atoms with E-state index >= 15 is 0 Å². The first-order valence-corrected chi connectivity index (χ1v) is 7.39. The summed E-state index contributed by atoms with van der Waals surface area (Å²) in [5.74, 6) is -0.0595. The third kappa shape index (κ3) is 3.95. The molecule has 0 bridgehead atoms. The zero-order valence-corrected chi connectivity index (χ0v) is 12.5. The van der Waals surface area contributed by atoms with Crippen LogP contribution in [0.25, 0.3) is 0 Å². The van der Waals surface area contributed by atoms with E-state index in [1.807, 2.05) is 13.0 Å². The minimum absolute atomic E-state index is 0.0595. The highest BCUT2D eigenvalue weighted by molar-refractivity contribution is 6.31. The second-order valence-corrected chi connectivity index (χ2v) is 5.72. The molecular weight excluding hydrogens is 276 g/mol. The average Bonchev–Trinajstić information content (AvgIpc) is 2.32. The van der Waals surface area contributed by atoms with E-state index in [0.717, 1.165) is 24.1 Å². The maximum atomic E-state index is 12.1. The van der Waals surface area contributed by atoms with Crippen molar-refractivity contribution < 1.29 is 9.90 Å². The molecule has 1 fully saturated rings. The fraction of sp³-hybridized carbons (Fsp3) is 0.533. The summed E-state index contributed by atoms with van der Waals surface area (Å²) in [7, 11) is 0. The molecule has 0 saturated heterocycles. The van der Waals surface area contributed by atoms with Gasteiger partial charge >= 0.3 is 0 Å². The van der Waals surface area contributed by atoms with Crippen LogP contribution in [0.5, 0.6) is 0 Å². The lowest BCUT2D eigenvalue weighted by molar-refractivity contribution is -0.118. The second-order valence-electron chi connectivity index (χ2n) is 5.29. The molecule has 2 rings (SSSR count). The van der Waals surface area contributed by atoms with E-state index in [0.29, 0.717) is 24.2 Å². The lowest BCUT2D eigenvalue weighted by Gasteiger charge is -2.36. The predicted octanol–water partition coefficient (Wildman–Crippen LogP) is 2.43. The van der Waals surface area contributed by atoms with Gasteiger partial charge in [0.05, 0.1) is 13.2 Å². The van der Waals surface area contributed by atoms with Gasteiger partial charge in [-0.2, -0.15) is 0 Å². The summed E-state index contributed by atoms with van der Waals surface area (Å²) in [5.41, 5.74) is 1.74. The maximum Gasteiger partial charge on any atom is 0.238 e. The molecule has 4 nitrogen and oxygen atoms in total. The van der Waals surface area contributed by atoms with Gasteiger partial charge in [-0.3, -0.25) is 9.69 Å². The molecule has 2 N–H and O–H groups in total. The number of aliphatic hydroxyl groups is 1. The van der Waals surface area contributed by atoms with Crippen LogP contribution < -0.4 is 5.32 Å². The summed E-state index contributed by atoms with van der Waals surface area (Å²) in [5, 5.41) is 12.6. The molecule has 0 radical (unpaired) electrons. The third-order valence-corrected chi connectivity index (χ3v) is 4.03. The van der Waals surface area contributed by atoms with Crippen molar-refractivity contribution in [3.8, 4) is 0 Å². The molecule has 0 heterocycles. The van der Waals surface area contributed by atoms with Crippen molar-refractivity contribution in [1.82, 2.24) is 4.90 Å². The minimum Gasteiger partial charge on any atom is -0.395 e. The molecular formula is C15H21ClN2O2. The number of carbonyl (C=O) groups excluding carboxylic acids is 1. The Labute approximate surface area is 124 Å². The first-order valence-electron chi connectivity index (χ1n) is 7.01. The molecule has 5 heteroatoms. The monoisotopic (exact) mass is 296 g/mol. The van der Waals surface area contributed by atoms with Crippen molar-refractivity contribution in [2.24, 2.45) is 0 Å². The summed E-state index contributed by atoms with van der Waals surface area (Å²) in [4.78, 5) is 14.2. The Morgan fingerprint density at radius 2 is 2.25 bits per heavy atom. The number of rotatable bonds is 6. The molecule has 0 aliphatic heterocycles. The molecule has 1 saturated carbocycles. The Kier molecular flexibility index (Phi) is 5.40. The largest absolute Gasteiger partial charge is 0.395 e. The number of aliphatic hydroxyl groups excluding tert-OH is 1. The Morgan fingerprint density at radius 1 is 1.50 bits per heavy atom. The summed E-state index contributed by atoms with van der Waals surface area (Å²) < 4.78 is 0. The third-order valence-electron chi connectivity index (χ3n) is 3.80. The van der Waals surface area contributed by atoms with Crippen LogP contribution >= 0.6 is 11.6 Å². The van der Waals surface area contributed by atoms with Crippen molar-refractivity contribution in [3.63, 3.8) is 0 Å². The maximum absolute atomic E-state index is 12.1. The van der Waals surface area contributed by atoms with Crippen LogP contribution in [0, 0.1) is 6.92 Å². The lowest BCUT2D eigenvalue weighted by atomic mass is 9.91. The van der Waals surface area contributed by atoms with Crippen LogP contribution in [-0.4, -0.2) is 41.7 Å². The van der Waals surface area contributed by atoms with Crippen LogP contribution in [0.4, 0.5) is 5.69 Å². The van der Waals surface area contributed by atoms with Crippen molar-refractivity contribution in [1.29, 1.82) is 0 Å². The van der Waals surface area contributed by atoms with Gasteiger partial charge in [0.25, 0.3) is 0 Å². The smallest absolute Gasteiger partial charge is 0.238 e. The molecule has 20 heavy (non-hydrogen) atoms. The zero-order chi connectivity index (χ0) is 14.5. The van der Waals surface area contributed by atoms with Crippen LogP contribution in [-0.2, 0) is 4.79 Å². The molecule has 1 amide bonds. The molecule has 0 spiro atoms. The molecule has 0 unspecified atom stereocenters. The highest BCUT2D eigenvalue weighted by Gasteiger charge is 2.26. The Balaban J connectivity index is 1.94. The fourth-order valence-corrected chi connectivity index (χ4v) is 2.55. The second kappa shape index (κ2) is 7.07. The quantitative estimate of drug-likeness (QED) is 0.848. The van der Waals surface area contributed by atoms with E-state index in [2.05, 4.69) is 10.2 Å². The fourth-order valence-electron chi connectivity index (χ4n) is 2.37. The highest BCUT2D eigenvalue weighted by atomic mass is 35.5. The number of hydrogen-bond donors (Lipinski definition) is 2. The van der Waals surface area contributed by atoms with E-state index in [9.17, 15) is 4.79 Å². The van der Waals surface area contributed by atoms with Gasteiger partial charge in [-0.05, 0) is 37.5 Å².